The van der Waals surface area contributed by atoms with Gasteiger partial charge in [-0.15, -0.1) is 0 Å². The Hall–Kier alpha value is -0.610. The Labute approximate surface area is 109 Å². The van der Waals surface area contributed by atoms with Crippen LogP contribution in [-0.2, 0) is 9.53 Å². The van der Waals surface area contributed by atoms with E-state index in [1.54, 1.807) is 6.92 Å². The number of rotatable bonds is 4. The average Bonchev–Trinajstić information content (AvgIpc) is 2.33. The monoisotopic (exact) mass is 254 g/mol. The number of hydrogen-bond acceptors (Lipinski definition) is 4. The van der Waals surface area contributed by atoms with Crippen molar-refractivity contribution in [1.82, 2.24) is 5.32 Å². The molecule has 0 amide bonds. The van der Waals surface area contributed by atoms with Crippen LogP contribution in [0.5, 0.6) is 0 Å². The van der Waals surface area contributed by atoms with E-state index in [2.05, 4.69) is 5.32 Å². The van der Waals surface area contributed by atoms with E-state index in [9.17, 15) is 9.90 Å². The smallest absolute Gasteiger partial charge is 0.319 e. The lowest BCUT2D eigenvalue weighted by molar-refractivity contribution is -0.152. The maximum Gasteiger partial charge on any atom is 0.319 e. The van der Waals surface area contributed by atoms with Gasteiger partial charge in [0, 0.05) is 6.91 Å². The van der Waals surface area contributed by atoms with Crippen molar-refractivity contribution in [3.63, 3.8) is 0 Å². The quantitative estimate of drug-likeness (QED) is 0.741. The van der Waals surface area contributed by atoms with Crippen LogP contribution in [0.15, 0.2) is 0 Å². The van der Waals surface area contributed by atoms with E-state index in [4.69, 9.17) is 6.11 Å². The Bertz CT molecular complexity index is 373. The molecule has 0 heterocycles. The summed E-state index contributed by atoms with van der Waals surface area (Å²) in [6.07, 6.45) is 4.01. The molecule has 4 nitrogen and oxygen atoms in total. The van der Waals surface area contributed by atoms with Gasteiger partial charge in [-0.05, 0) is 57.3 Å². The van der Waals surface area contributed by atoms with E-state index in [0.717, 1.165) is 25.7 Å². The van der Waals surface area contributed by atoms with Crippen molar-refractivity contribution in [2.24, 2.45) is 11.8 Å². The van der Waals surface area contributed by atoms with Gasteiger partial charge in [0.25, 0.3) is 0 Å². The molecular formula is C14H23NO3. The molecule has 4 aliphatic carbocycles. The molecule has 4 saturated carbocycles. The molecule has 4 aliphatic rings. The fourth-order valence-corrected chi connectivity index (χ4v) is 4.55. The van der Waals surface area contributed by atoms with Gasteiger partial charge in [0.2, 0.25) is 0 Å². The predicted molar refractivity (Wildman–Crippen MR) is 67.0 cm³/mol. The number of esters is 1. The Balaban J connectivity index is 1.73. The van der Waals surface area contributed by atoms with E-state index >= 15 is 0 Å². The lowest BCUT2D eigenvalue weighted by Crippen LogP contribution is -2.65. The first-order valence-corrected chi connectivity index (χ1v) is 7.03. The molecule has 4 fully saturated rings. The first-order chi connectivity index (χ1) is 8.97. The Morgan fingerprint density at radius 3 is 2.72 bits per heavy atom. The normalized spacial score (nSPS) is 50.1. The van der Waals surface area contributed by atoms with Crippen LogP contribution in [-0.4, -0.2) is 35.4 Å². The molecule has 18 heavy (non-hydrogen) atoms. The first-order valence-electron chi connectivity index (χ1n) is 7.60. The number of aliphatic hydroxyl groups is 1. The van der Waals surface area contributed by atoms with E-state index in [-0.39, 0.29) is 18.1 Å². The molecule has 0 aromatic carbocycles. The van der Waals surface area contributed by atoms with Crippen LogP contribution in [0.3, 0.4) is 0 Å². The second kappa shape index (κ2) is 4.20. The molecule has 4 bridgehead atoms. The zero-order valence-corrected chi connectivity index (χ0v) is 10.9. The summed E-state index contributed by atoms with van der Waals surface area (Å²) in [5, 5.41) is 13.9. The van der Waals surface area contributed by atoms with Gasteiger partial charge in [0.05, 0.1) is 18.8 Å². The lowest BCUT2D eigenvalue weighted by atomic mass is 9.51. The van der Waals surface area contributed by atoms with Gasteiger partial charge in [-0.25, -0.2) is 0 Å². The van der Waals surface area contributed by atoms with Gasteiger partial charge in [0.1, 0.15) is 0 Å². The molecule has 4 heteroatoms. The van der Waals surface area contributed by atoms with Gasteiger partial charge in [0.15, 0.2) is 0 Å². The summed E-state index contributed by atoms with van der Waals surface area (Å²) in [4.78, 5) is 11.5. The SMILES string of the molecule is [2H]C1C2(O)CC3CC(C2)CC1(NCC(=O)OCC)C3. The molecule has 0 aromatic heterocycles. The number of ether oxygens (including phenoxy) is 1. The van der Waals surface area contributed by atoms with E-state index in [1.165, 1.54) is 6.42 Å². The minimum Gasteiger partial charge on any atom is -0.465 e. The van der Waals surface area contributed by atoms with E-state index in [1.807, 2.05) is 0 Å². The van der Waals surface area contributed by atoms with Gasteiger partial charge in [-0.1, -0.05) is 0 Å². The van der Waals surface area contributed by atoms with Crippen molar-refractivity contribution in [2.45, 2.75) is 56.6 Å². The predicted octanol–water partition coefficient (Wildman–Crippen LogP) is 1.22. The third kappa shape index (κ3) is 2.16. The molecule has 0 saturated heterocycles. The molecule has 102 valence electrons. The third-order valence-corrected chi connectivity index (χ3v) is 4.69. The molecular weight excluding hydrogens is 230 g/mol. The van der Waals surface area contributed by atoms with Crippen LogP contribution in [0.1, 0.15) is 46.8 Å². The maximum absolute atomic E-state index is 11.5. The maximum atomic E-state index is 11.5. The summed E-state index contributed by atoms with van der Waals surface area (Å²) in [6, 6.07) is 0. The lowest BCUT2D eigenvalue weighted by Gasteiger charge is -2.60. The highest BCUT2D eigenvalue weighted by Gasteiger charge is 2.57. The third-order valence-electron chi connectivity index (χ3n) is 4.69. The summed E-state index contributed by atoms with van der Waals surface area (Å²) >= 11 is 0. The Morgan fingerprint density at radius 1 is 1.44 bits per heavy atom. The van der Waals surface area contributed by atoms with Crippen molar-refractivity contribution in [3.05, 3.63) is 0 Å². The second-order valence-electron chi connectivity index (χ2n) is 6.35. The summed E-state index contributed by atoms with van der Waals surface area (Å²) in [6.45, 7) is 2.32. The van der Waals surface area contributed by atoms with Crippen LogP contribution in [0.4, 0.5) is 0 Å². The highest BCUT2D eigenvalue weighted by molar-refractivity contribution is 5.71. The molecule has 3 atom stereocenters. The number of nitrogens with one attached hydrogen (secondary N) is 1. The summed E-state index contributed by atoms with van der Waals surface area (Å²) < 4.78 is 13.4. The number of carbonyl (C=O) groups excluding carboxylic acids is 1. The van der Waals surface area contributed by atoms with Crippen LogP contribution in [0.2, 0.25) is 0 Å². The van der Waals surface area contributed by atoms with Crippen LogP contribution in [0, 0.1) is 11.8 Å². The van der Waals surface area contributed by atoms with Crippen LogP contribution >= 0.6 is 0 Å². The van der Waals surface area contributed by atoms with Crippen molar-refractivity contribution in [2.75, 3.05) is 13.2 Å². The fourth-order valence-electron chi connectivity index (χ4n) is 4.55. The van der Waals surface area contributed by atoms with Crippen molar-refractivity contribution in [3.8, 4) is 0 Å². The summed E-state index contributed by atoms with van der Waals surface area (Å²) in [7, 11) is 0. The molecule has 0 radical (unpaired) electrons. The van der Waals surface area contributed by atoms with Crippen molar-refractivity contribution < 1.29 is 16.0 Å². The van der Waals surface area contributed by atoms with Gasteiger partial charge in [-0.3, -0.25) is 4.79 Å². The highest BCUT2D eigenvalue weighted by Crippen LogP contribution is 2.57. The van der Waals surface area contributed by atoms with E-state index < -0.39 is 12.0 Å². The fraction of sp³-hybridized carbons (Fsp3) is 0.929. The average molecular weight is 254 g/mol. The minimum atomic E-state index is -0.842. The van der Waals surface area contributed by atoms with Crippen LogP contribution < -0.4 is 5.32 Å². The molecule has 0 aromatic rings. The summed E-state index contributed by atoms with van der Waals surface area (Å²) in [5.41, 5.74) is -1.22. The molecule has 4 rings (SSSR count). The topological polar surface area (TPSA) is 58.6 Å². The Morgan fingerprint density at radius 2 is 2.11 bits per heavy atom. The summed E-state index contributed by atoms with van der Waals surface area (Å²) in [5.74, 6) is 0.750. The highest BCUT2D eigenvalue weighted by atomic mass is 16.5. The molecule has 2 N–H and O–H groups in total. The van der Waals surface area contributed by atoms with E-state index in [0.29, 0.717) is 18.4 Å². The zero-order chi connectivity index (χ0) is 13.7. The molecule has 3 unspecified atom stereocenters. The standard InChI is InChI=1S/C14H23NO3/c1-2-18-12(16)8-15-13-4-10-3-11(5-13)7-14(17,6-10)9-13/h10-11,15,17H,2-9H2,1H3/i9D. The van der Waals surface area contributed by atoms with Crippen molar-refractivity contribution in [1.29, 1.82) is 0 Å². The number of hydrogen-bond donors (Lipinski definition) is 2. The largest absolute Gasteiger partial charge is 0.465 e. The van der Waals surface area contributed by atoms with Gasteiger partial charge >= 0.3 is 5.97 Å². The second-order valence-corrected chi connectivity index (χ2v) is 6.35. The minimum absolute atomic E-state index is 0.152. The van der Waals surface area contributed by atoms with Crippen LogP contribution in [0.25, 0.3) is 0 Å². The zero-order valence-electron chi connectivity index (χ0n) is 11.9. The first kappa shape index (κ1) is 11.2. The van der Waals surface area contributed by atoms with Gasteiger partial charge in [-0.2, -0.15) is 0 Å². The number of carbonyl (C=O) groups is 1. The van der Waals surface area contributed by atoms with Crippen molar-refractivity contribution >= 4 is 5.97 Å². The van der Waals surface area contributed by atoms with Gasteiger partial charge < -0.3 is 15.2 Å². The molecule has 0 aliphatic heterocycles. The Kier molecular flexibility index (Phi) is 2.62. The molecule has 0 spiro atoms.